The molecule has 9 fully saturated rings. The molecule has 10 rings (SSSR count). The van der Waals surface area contributed by atoms with Gasteiger partial charge in [-0.25, -0.2) is 0 Å². The molecule has 1 N–H and O–H groups in total. The molecule has 8 aliphatic carbocycles. The van der Waals surface area contributed by atoms with Gasteiger partial charge in [-0.15, -0.1) is 0 Å². The summed E-state index contributed by atoms with van der Waals surface area (Å²) in [6.07, 6.45) is 23.1. The number of nitrogens with one attached hydrogen (secondary N) is 1. The van der Waals surface area contributed by atoms with E-state index in [1.807, 2.05) is 10.6 Å². The van der Waals surface area contributed by atoms with Crippen LogP contribution in [-0.2, 0) is 0 Å². The van der Waals surface area contributed by atoms with Gasteiger partial charge in [-0.3, -0.25) is 0 Å². The standard InChI is InChI=1S/C31H45NP2/c1-2-7-32-27(5-1)26-4-3-6-28(33-30-14-20-8-21(15-30)10-22(9-20)16-30)29(26)34-31-17-23-11-24(18-31)13-25(12-23)19-31/h3-4,6,20-25,27,32-34H,1-2,5,7-19H2. The number of benzene rings is 1. The number of hydrogen-bond donors (Lipinski definition) is 1. The van der Waals surface area contributed by atoms with Crippen LogP contribution in [0, 0.1) is 35.5 Å². The largest absolute Gasteiger partial charge is 0.310 e. The lowest BCUT2D eigenvalue weighted by Crippen LogP contribution is -2.50. The second-order valence-corrected chi connectivity index (χ2v) is 18.1. The molecule has 0 aromatic heterocycles. The zero-order chi connectivity index (χ0) is 22.3. The lowest BCUT2D eigenvalue weighted by atomic mass is 9.56. The van der Waals surface area contributed by atoms with E-state index in [0.29, 0.717) is 16.4 Å². The van der Waals surface area contributed by atoms with E-state index in [4.69, 9.17) is 0 Å². The Morgan fingerprint density at radius 3 is 1.68 bits per heavy atom. The molecule has 8 bridgehead atoms. The van der Waals surface area contributed by atoms with Crippen molar-refractivity contribution in [2.45, 2.75) is 113 Å². The van der Waals surface area contributed by atoms with Gasteiger partial charge in [-0.05, 0) is 158 Å². The third-order valence-electron chi connectivity index (χ3n) is 11.6. The van der Waals surface area contributed by atoms with Crippen molar-refractivity contribution in [2.24, 2.45) is 35.5 Å². The molecule has 0 amide bonds. The summed E-state index contributed by atoms with van der Waals surface area (Å²) in [5, 5.41) is 9.10. The Balaban J connectivity index is 1.16. The summed E-state index contributed by atoms with van der Waals surface area (Å²) in [6.45, 7) is 1.23. The SMILES string of the molecule is c1cc(PC23CC4CC(CC(C4)C2)C3)c(PC23CC4CC(CC(C4)C2)C3)c(C2CCCCN2)c1. The molecule has 1 nitrogen and oxygen atoms in total. The minimum Gasteiger partial charge on any atom is -0.310 e. The lowest BCUT2D eigenvalue weighted by Gasteiger charge is -2.58. The topological polar surface area (TPSA) is 12.0 Å². The molecule has 3 heteroatoms. The van der Waals surface area contributed by atoms with Crippen molar-refractivity contribution < 1.29 is 0 Å². The van der Waals surface area contributed by atoms with Crippen LogP contribution in [0.15, 0.2) is 18.2 Å². The Labute approximate surface area is 211 Å². The molecule has 3 atom stereocenters. The zero-order valence-electron chi connectivity index (χ0n) is 21.1. The summed E-state index contributed by atoms with van der Waals surface area (Å²) < 4.78 is 0. The molecule has 1 aromatic rings. The third kappa shape index (κ3) is 3.81. The first-order valence-electron chi connectivity index (χ1n) is 15.1. The highest BCUT2D eigenvalue weighted by atomic mass is 31.1. The van der Waals surface area contributed by atoms with E-state index in [1.54, 1.807) is 82.6 Å². The summed E-state index contributed by atoms with van der Waals surface area (Å²) in [5.74, 6) is 6.47. The predicted molar refractivity (Wildman–Crippen MR) is 149 cm³/mol. The minimum absolute atomic E-state index is 0.631. The van der Waals surface area contributed by atoms with E-state index in [0.717, 1.165) is 52.7 Å². The first kappa shape index (κ1) is 22.1. The quantitative estimate of drug-likeness (QED) is 0.434. The maximum atomic E-state index is 3.98. The van der Waals surface area contributed by atoms with E-state index in [-0.39, 0.29) is 0 Å². The van der Waals surface area contributed by atoms with Crippen molar-refractivity contribution in [3.05, 3.63) is 23.8 Å². The monoisotopic (exact) mass is 493 g/mol. The van der Waals surface area contributed by atoms with Gasteiger partial charge in [0.05, 0.1) is 0 Å². The third-order valence-corrected chi connectivity index (χ3v) is 15.7. The van der Waals surface area contributed by atoms with Crippen LogP contribution in [0.3, 0.4) is 0 Å². The lowest BCUT2D eigenvalue weighted by molar-refractivity contribution is 0.0369. The zero-order valence-corrected chi connectivity index (χ0v) is 23.1. The first-order chi connectivity index (χ1) is 16.6. The second-order valence-electron chi connectivity index (χ2n) is 14.4. The summed E-state index contributed by atoms with van der Waals surface area (Å²) in [6, 6.07) is 8.31. The van der Waals surface area contributed by atoms with Crippen LogP contribution in [0.4, 0.5) is 0 Å². The molecular weight excluding hydrogens is 448 g/mol. The van der Waals surface area contributed by atoms with Crippen LogP contribution < -0.4 is 15.9 Å². The van der Waals surface area contributed by atoms with Gasteiger partial charge in [0, 0.05) is 6.04 Å². The maximum absolute atomic E-state index is 3.98. The van der Waals surface area contributed by atoms with Gasteiger partial charge in [0.1, 0.15) is 0 Å². The van der Waals surface area contributed by atoms with Gasteiger partial charge in [-0.2, -0.15) is 0 Å². The summed E-state index contributed by atoms with van der Waals surface area (Å²) in [4.78, 5) is 0. The number of piperidine rings is 1. The minimum atomic E-state index is 0.631. The predicted octanol–water partition coefficient (Wildman–Crippen LogP) is 7.05. The summed E-state index contributed by atoms with van der Waals surface area (Å²) >= 11 is 0. The fourth-order valence-electron chi connectivity index (χ4n) is 11.3. The van der Waals surface area contributed by atoms with Gasteiger partial charge < -0.3 is 5.32 Å². The smallest absolute Gasteiger partial charge is 0.0326 e. The summed E-state index contributed by atoms with van der Waals surface area (Å²) in [7, 11) is 2.18. The molecule has 1 saturated heterocycles. The van der Waals surface area contributed by atoms with Crippen molar-refractivity contribution in [3.8, 4) is 0 Å². The Kier molecular flexibility index (Phi) is 5.37. The van der Waals surface area contributed by atoms with Crippen LogP contribution in [0.25, 0.3) is 0 Å². The van der Waals surface area contributed by atoms with Gasteiger partial charge in [0.25, 0.3) is 0 Å². The maximum Gasteiger partial charge on any atom is 0.0326 e. The van der Waals surface area contributed by atoms with E-state index < -0.39 is 0 Å². The fourth-order valence-corrected chi connectivity index (χ4v) is 16.2. The molecule has 1 heterocycles. The Hall–Kier alpha value is 0.0400. The van der Waals surface area contributed by atoms with Crippen LogP contribution >= 0.6 is 17.2 Å². The molecule has 3 unspecified atom stereocenters. The molecule has 8 saturated carbocycles. The van der Waals surface area contributed by atoms with Crippen molar-refractivity contribution in [1.82, 2.24) is 5.32 Å². The average molecular weight is 494 g/mol. The molecular formula is C31H45NP2. The average Bonchev–Trinajstić information content (AvgIpc) is 2.79. The van der Waals surface area contributed by atoms with Gasteiger partial charge in [-0.1, -0.05) is 41.8 Å². The Morgan fingerprint density at radius 2 is 1.18 bits per heavy atom. The van der Waals surface area contributed by atoms with E-state index in [2.05, 4.69) is 23.5 Å². The molecule has 34 heavy (non-hydrogen) atoms. The van der Waals surface area contributed by atoms with Crippen molar-refractivity contribution in [2.75, 3.05) is 6.54 Å². The number of hydrogen-bond acceptors (Lipinski definition) is 1. The van der Waals surface area contributed by atoms with E-state index in [1.165, 1.54) is 25.8 Å². The molecule has 9 aliphatic rings. The van der Waals surface area contributed by atoms with E-state index in [9.17, 15) is 0 Å². The molecule has 1 aromatic carbocycles. The molecule has 1 aliphatic heterocycles. The molecule has 0 radical (unpaired) electrons. The number of rotatable bonds is 5. The van der Waals surface area contributed by atoms with Crippen LogP contribution in [0.2, 0.25) is 0 Å². The fraction of sp³-hybridized carbons (Fsp3) is 0.806. The highest BCUT2D eigenvalue weighted by Gasteiger charge is 2.53. The van der Waals surface area contributed by atoms with Crippen LogP contribution in [0.5, 0.6) is 0 Å². The van der Waals surface area contributed by atoms with Crippen molar-refractivity contribution in [3.63, 3.8) is 0 Å². The Morgan fingerprint density at radius 1 is 0.647 bits per heavy atom. The first-order valence-corrected chi connectivity index (χ1v) is 17.1. The highest BCUT2D eigenvalue weighted by molar-refractivity contribution is 7.56. The Bertz CT molecular complexity index is 876. The van der Waals surface area contributed by atoms with Gasteiger partial charge >= 0.3 is 0 Å². The second kappa shape index (κ2) is 8.27. The van der Waals surface area contributed by atoms with Crippen molar-refractivity contribution in [1.29, 1.82) is 0 Å². The van der Waals surface area contributed by atoms with E-state index >= 15 is 0 Å². The highest BCUT2D eigenvalue weighted by Crippen LogP contribution is 2.64. The van der Waals surface area contributed by atoms with Crippen molar-refractivity contribution >= 4 is 27.8 Å². The van der Waals surface area contributed by atoms with Gasteiger partial charge in [0.15, 0.2) is 0 Å². The van der Waals surface area contributed by atoms with Crippen LogP contribution in [0.1, 0.15) is 108 Å². The molecule has 184 valence electrons. The van der Waals surface area contributed by atoms with Gasteiger partial charge in [0.2, 0.25) is 0 Å². The summed E-state index contributed by atoms with van der Waals surface area (Å²) in [5.41, 5.74) is 1.75. The van der Waals surface area contributed by atoms with Crippen LogP contribution in [-0.4, -0.2) is 16.9 Å². The molecule has 0 spiro atoms. The normalized spacial score (nSPS) is 49.2.